The van der Waals surface area contributed by atoms with Crippen LogP contribution < -0.4 is 5.73 Å². The number of benzene rings is 2. The van der Waals surface area contributed by atoms with E-state index in [1.165, 1.54) is 16.7 Å². The van der Waals surface area contributed by atoms with Crippen molar-refractivity contribution in [3.05, 3.63) is 77.5 Å². The van der Waals surface area contributed by atoms with Crippen LogP contribution in [0.1, 0.15) is 16.7 Å². The highest BCUT2D eigenvalue weighted by molar-refractivity contribution is 5.79. The van der Waals surface area contributed by atoms with Gasteiger partial charge in [-0.3, -0.25) is 4.98 Å². The first-order chi connectivity index (χ1) is 9.74. The zero-order chi connectivity index (χ0) is 13.6. The first kappa shape index (κ1) is 11.6. The lowest BCUT2D eigenvalue weighted by Crippen LogP contribution is -2.37. The van der Waals surface area contributed by atoms with Gasteiger partial charge < -0.3 is 5.73 Å². The minimum absolute atomic E-state index is 0.296. The molecule has 0 atom stereocenters. The van der Waals surface area contributed by atoms with Crippen LogP contribution in [-0.4, -0.2) is 4.98 Å². The molecule has 20 heavy (non-hydrogen) atoms. The Labute approximate surface area is 118 Å². The van der Waals surface area contributed by atoms with Crippen molar-refractivity contribution in [2.24, 2.45) is 5.73 Å². The molecule has 0 radical (unpaired) electrons. The Kier molecular flexibility index (Phi) is 2.41. The molecule has 2 aromatic carbocycles. The average molecular weight is 260 g/mol. The van der Waals surface area contributed by atoms with Crippen LogP contribution in [0.5, 0.6) is 0 Å². The first-order valence-electron chi connectivity index (χ1n) is 6.96. The molecule has 1 aliphatic carbocycles. The molecule has 4 rings (SSSR count). The fourth-order valence-electron chi connectivity index (χ4n) is 3.22. The van der Waals surface area contributed by atoms with E-state index >= 15 is 0 Å². The lowest BCUT2D eigenvalue weighted by Gasteiger charge is -2.24. The summed E-state index contributed by atoms with van der Waals surface area (Å²) in [7, 11) is 0. The molecule has 1 aromatic heterocycles. The van der Waals surface area contributed by atoms with E-state index in [1.54, 1.807) is 0 Å². The van der Waals surface area contributed by atoms with Crippen LogP contribution in [0.4, 0.5) is 0 Å². The van der Waals surface area contributed by atoms with Crippen LogP contribution in [0, 0.1) is 0 Å². The topological polar surface area (TPSA) is 38.9 Å². The van der Waals surface area contributed by atoms with Gasteiger partial charge in [0.25, 0.3) is 0 Å². The molecule has 2 heteroatoms. The smallest absolute Gasteiger partial charge is 0.0705 e. The molecule has 0 aliphatic heterocycles. The Morgan fingerprint density at radius 3 is 2.40 bits per heavy atom. The third-order valence-electron chi connectivity index (χ3n) is 4.31. The van der Waals surface area contributed by atoms with Crippen LogP contribution in [0.25, 0.3) is 10.9 Å². The van der Waals surface area contributed by atoms with E-state index in [0.717, 1.165) is 23.7 Å². The largest absolute Gasteiger partial charge is 0.321 e. The lowest BCUT2D eigenvalue weighted by atomic mass is 9.87. The SMILES string of the molecule is NC1(c2ccc3cccnc3c2)Cc2ccccc2C1. The third-order valence-corrected chi connectivity index (χ3v) is 4.31. The van der Waals surface area contributed by atoms with E-state index in [0.29, 0.717) is 0 Å². The van der Waals surface area contributed by atoms with Crippen molar-refractivity contribution in [1.29, 1.82) is 0 Å². The number of pyridine rings is 1. The Morgan fingerprint density at radius 1 is 0.900 bits per heavy atom. The molecule has 0 saturated heterocycles. The second-order valence-corrected chi connectivity index (χ2v) is 5.69. The van der Waals surface area contributed by atoms with Crippen LogP contribution >= 0.6 is 0 Å². The van der Waals surface area contributed by atoms with E-state index in [2.05, 4.69) is 53.5 Å². The Balaban J connectivity index is 1.80. The standard InChI is InChI=1S/C18H16N2/c19-18(11-14-4-1-2-5-15(14)12-18)16-8-7-13-6-3-9-20-17(13)10-16/h1-10H,11-12,19H2. The first-order valence-corrected chi connectivity index (χ1v) is 6.96. The monoisotopic (exact) mass is 260 g/mol. The van der Waals surface area contributed by atoms with Gasteiger partial charge >= 0.3 is 0 Å². The number of aromatic nitrogens is 1. The Hall–Kier alpha value is -2.19. The predicted molar refractivity (Wildman–Crippen MR) is 81.5 cm³/mol. The fourth-order valence-corrected chi connectivity index (χ4v) is 3.22. The molecule has 0 amide bonds. The molecule has 98 valence electrons. The van der Waals surface area contributed by atoms with E-state index < -0.39 is 0 Å². The van der Waals surface area contributed by atoms with E-state index in [-0.39, 0.29) is 5.54 Å². The van der Waals surface area contributed by atoms with Gasteiger partial charge in [0.05, 0.1) is 5.52 Å². The van der Waals surface area contributed by atoms with Crippen molar-refractivity contribution >= 4 is 10.9 Å². The van der Waals surface area contributed by atoms with Gasteiger partial charge in [-0.1, -0.05) is 42.5 Å². The minimum atomic E-state index is -0.296. The summed E-state index contributed by atoms with van der Waals surface area (Å²) in [6.45, 7) is 0. The zero-order valence-electron chi connectivity index (χ0n) is 11.2. The highest BCUT2D eigenvalue weighted by atomic mass is 14.8. The number of hydrogen-bond acceptors (Lipinski definition) is 2. The highest BCUT2D eigenvalue weighted by Gasteiger charge is 2.34. The van der Waals surface area contributed by atoms with Crippen molar-refractivity contribution < 1.29 is 0 Å². The number of nitrogens with two attached hydrogens (primary N) is 1. The molecule has 2 N–H and O–H groups in total. The molecule has 0 unspecified atom stereocenters. The van der Waals surface area contributed by atoms with Crippen molar-refractivity contribution in [2.45, 2.75) is 18.4 Å². The molecule has 1 heterocycles. The van der Waals surface area contributed by atoms with Gasteiger partial charge in [0.2, 0.25) is 0 Å². The molecule has 2 nitrogen and oxygen atoms in total. The van der Waals surface area contributed by atoms with Crippen LogP contribution in [0.15, 0.2) is 60.8 Å². The summed E-state index contributed by atoms with van der Waals surface area (Å²) in [6.07, 6.45) is 3.64. The van der Waals surface area contributed by atoms with E-state index in [1.807, 2.05) is 12.3 Å². The second kappa shape index (κ2) is 4.15. The number of rotatable bonds is 1. The third kappa shape index (κ3) is 1.73. The summed E-state index contributed by atoms with van der Waals surface area (Å²) < 4.78 is 0. The molecule has 0 bridgehead atoms. The predicted octanol–water partition coefficient (Wildman–Crippen LogP) is 3.19. The molecule has 3 aromatic rings. The van der Waals surface area contributed by atoms with Crippen molar-refractivity contribution in [2.75, 3.05) is 0 Å². The molecule has 0 fully saturated rings. The maximum absolute atomic E-state index is 6.69. The van der Waals surface area contributed by atoms with Gasteiger partial charge in [0, 0.05) is 17.1 Å². The normalized spacial score (nSPS) is 16.2. The average Bonchev–Trinajstić information content (AvgIpc) is 2.84. The molecular formula is C18H16N2. The van der Waals surface area contributed by atoms with Crippen molar-refractivity contribution in [1.82, 2.24) is 4.98 Å². The number of fused-ring (bicyclic) bond motifs is 2. The maximum atomic E-state index is 6.69. The van der Waals surface area contributed by atoms with Crippen LogP contribution in [0.2, 0.25) is 0 Å². The van der Waals surface area contributed by atoms with E-state index in [9.17, 15) is 0 Å². The van der Waals surface area contributed by atoms with Gasteiger partial charge in [0.1, 0.15) is 0 Å². The van der Waals surface area contributed by atoms with Gasteiger partial charge in [0.15, 0.2) is 0 Å². The van der Waals surface area contributed by atoms with Gasteiger partial charge in [-0.25, -0.2) is 0 Å². The number of hydrogen-bond donors (Lipinski definition) is 1. The highest BCUT2D eigenvalue weighted by Crippen LogP contribution is 2.36. The minimum Gasteiger partial charge on any atom is -0.321 e. The molecule has 1 aliphatic rings. The Bertz CT molecular complexity index is 767. The quantitative estimate of drug-likeness (QED) is 0.730. The maximum Gasteiger partial charge on any atom is 0.0705 e. The summed E-state index contributed by atoms with van der Waals surface area (Å²) in [6, 6.07) is 19.0. The van der Waals surface area contributed by atoms with E-state index in [4.69, 9.17) is 5.73 Å². The second-order valence-electron chi connectivity index (χ2n) is 5.69. The summed E-state index contributed by atoms with van der Waals surface area (Å²) in [5, 5.41) is 1.16. The van der Waals surface area contributed by atoms with Gasteiger partial charge in [-0.05, 0) is 41.7 Å². The molecular weight excluding hydrogens is 244 g/mol. The summed E-state index contributed by atoms with van der Waals surface area (Å²) in [5.74, 6) is 0. The molecule has 0 spiro atoms. The van der Waals surface area contributed by atoms with Gasteiger partial charge in [-0.2, -0.15) is 0 Å². The summed E-state index contributed by atoms with van der Waals surface area (Å²) >= 11 is 0. The van der Waals surface area contributed by atoms with Crippen LogP contribution in [0.3, 0.4) is 0 Å². The van der Waals surface area contributed by atoms with Crippen LogP contribution in [-0.2, 0) is 18.4 Å². The number of nitrogens with zero attached hydrogens (tertiary/aromatic N) is 1. The van der Waals surface area contributed by atoms with Gasteiger partial charge in [-0.15, -0.1) is 0 Å². The van der Waals surface area contributed by atoms with Crippen molar-refractivity contribution in [3.63, 3.8) is 0 Å². The fraction of sp³-hybridized carbons (Fsp3) is 0.167. The summed E-state index contributed by atoms with van der Waals surface area (Å²) in [5.41, 5.74) is 11.3. The lowest BCUT2D eigenvalue weighted by molar-refractivity contribution is 0.473. The summed E-state index contributed by atoms with van der Waals surface area (Å²) in [4.78, 5) is 4.44. The molecule has 0 saturated carbocycles. The Morgan fingerprint density at radius 2 is 1.65 bits per heavy atom. The van der Waals surface area contributed by atoms with Crippen molar-refractivity contribution in [3.8, 4) is 0 Å². The zero-order valence-corrected chi connectivity index (χ0v) is 11.2.